The van der Waals surface area contributed by atoms with Crippen LogP contribution in [0.1, 0.15) is 10.5 Å². The fourth-order valence-electron chi connectivity index (χ4n) is 1.19. The molecular formula is C11H7Cl2N3O. The van der Waals surface area contributed by atoms with Crippen LogP contribution in [-0.4, -0.2) is 15.9 Å². The van der Waals surface area contributed by atoms with Gasteiger partial charge in [-0.3, -0.25) is 9.78 Å². The maximum absolute atomic E-state index is 11.7. The van der Waals surface area contributed by atoms with Gasteiger partial charge in [0, 0.05) is 18.1 Å². The fraction of sp³-hybridized carbons (Fsp3) is 0. The molecule has 0 spiro atoms. The van der Waals surface area contributed by atoms with Gasteiger partial charge in [0.1, 0.15) is 5.69 Å². The lowest BCUT2D eigenvalue weighted by molar-refractivity contribution is 0.102. The summed E-state index contributed by atoms with van der Waals surface area (Å²) in [6.07, 6.45) is 4.33. The average molecular weight is 268 g/mol. The van der Waals surface area contributed by atoms with Gasteiger partial charge in [0.15, 0.2) is 0 Å². The number of hydrogen-bond donors (Lipinski definition) is 1. The number of amides is 1. The van der Waals surface area contributed by atoms with Crippen LogP contribution in [0.2, 0.25) is 10.0 Å². The van der Waals surface area contributed by atoms with Crippen molar-refractivity contribution in [3.63, 3.8) is 0 Å². The third-order valence-electron chi connectivity index (χ3n) is 1.97. The van der Waals surface area contributed by atoms with Gasteiger partial charge in [0.2, 0.25) is 0 Å². The summed E-state index contributed by atoms with van der Waals surface area (Å²) in [5.41, 5.74) is 0.786. The molecule has 1 N–H and O–H groups in total. The van der Waals surface area contributed by atoms with Crippen molar-refractivity contribution < 1.29 is 4.79 Å². The number of anilines is 1. The highest BCUT2D eigenvalue weighted by Crippen LogP contribution is 2.25. The Morgan fingerprint density at radius 1 is 1.18 bits per heavy atom. The molecule has 2 aromatic rings. The van der Waals surface area contributed by atoms with E-state index in [1.165, 1.54) is 18.6 Å². The topological polar surface area (TPSA) is 54.9 Å². The zero-order valence-corrected chi connectivity index (χ0v) is 10.0. The Kier molecular flexibility index (Phi) is 3.56. The highest BCUT2D eigenvalue weighted by molar-refractivity contribution is 6.42. The molecule has 0 atom stereocenters. The van der Waals surface area contributed by atoms with Gasteiger partial charge in [-0.25, -0.2) is 4.98 Å². The minimum Gasteiger partial charge on any atom is -0.321 e. The first-order valence-electron chi connectivity index (χ1n) is 4.69. The van der Waals surface area contributed by atoms with Crippen molar-refractivity contribution in [1.29, 1.82) is 0 Å². The van der Waals surface area contributed by atoms with Crippen LogP contribution >= 0.6 is 23.2 Å². The zero-order chi connectivity index (χ0) is 12.3. The van der Waals surface area contributed by atoms with Gasteiger partial charge in [-0.15, -0.1) is 0 Å². The van der Waals surface area contributed by atoms with Crippen LogP contribution in [0.3, 0.4) is 0 Å². The van der Waals surface area contributed by atoms with Gasteiger partial charge in [-0.05, 0) is 18.2 Å². The highest BCUT2D eigenvalue weighted by atomic mass is 35.5. The SMILES string of the molecule is O=C(Nc1ccc(Cl)c(Cl)c1)c1cnccn1. The Hall–Kier alpha value is -1.65. The summed E-state index contributed by atoms with van der Waals surface area (Å²) in [6, 6.07) is 4.83. The number of aromatic nitrogens is 2. The molecule has 0 saturated carbocycles. The van der Waals surface area contributed by atoms with E-state index in [-0.39, 0.29) is 11.6 Å². The molecule has 0 radical (unpaired) electrons. The highest BCUT2D eigenvalue weighted by Gasteiger charge is 2.08. The normalized spacial score (nSPS) is 10.0. The fourth-order valence-corrected chi connectivity index (χ4v) is 1.48. The Labute approximate surface area is 108 Å². The summed E-state index contributed by atoms with van der Waals surface area (Å²) in [6.45, 7) is 0. The van der Waals surface area contributed by atoms with Gasteiger partial charge in [0.05, 0.1) is 16.2 Å². The van der Waals surface area contributed by atoms with Crippen LogP contribution in [0.5, 0.6) is 0 Å². The average Bonchev–Trinajstić information content (AvgIpc) is 2.35. The van der Waals surface area contributed by atoms with Crippen molar-refractivity contribution in [2.24, 2.45) is 0 Å². The third kappa shape index (κ3) is 2.93. The molecule has 17 heavy (non-hydrogen) atoms. The van der Waals surface area contributed by atoms with Crippen molar-refractivity contribution in [3.05, 3.63) is 52.5 Å². The molecule has 0 bridgehead atoms. The minimum absolute atomic E-state index is 0.235. The molecule has 4 nitrogen and oxygen atoms in total. The first-order chi connectivity index (χ1) is 8.16. The van der Waals surface area contributed by atoms with Crippen LogP contribution < -0.4 is 5.32 Å². The Morgan fingerprint density at radius 2 is 2.00 bits per heavy atom. The minimum atomic E-state index is -0.350. The van der Waals surface area contributed by atoms with Crippen molar-refractivity contribution in [2.75, 3.05) is 5.32 Å². The molecule has 1 aromatic carbocycles. The van der Waals surface area contributed by atoms with E-state index in [0.29, 0.717) is 15.7 Å². The first kappa shape index (κ1) is 11.8. The Morgan fingerprint density at radius 3 is 2.65 bits per heavy atom. The summed E-state index contributed by atoms with van der Waals surface area (Å²) in [4.78, 5) is 19.4. The Bertz CT molecular complexity index is 546. The number of benzene rings is 1. The lowest BCUT2D eigenvalue weighted by Crippen LogP contribution is -2.13. The number of rotatable bonds is 2. The van der Waals surface area contributed by atoms with Crippen molar-refractivity contribution in [1.82, 2.24) is 9.97 Å². The van der Waals surface area contributed by atoms with Crippen LogP contribution in [0.15, 0.2) is 36.8 Å². The summed E-state index contributed by atoms with van der Waals surface area (Å²) in [5, 5.41) is 3.45. The third-order valence-corrected chi connectivity index (χ3v) is 2.71. The van der Waals surface area contributed by atoms with E-state index < -0.39 is 0 Å². The standard InChI is InChI=1S/C11H7Cl2N3O/c12-8-2-1-7(5-9(8)13)16-11(17)10-6-14-3-4-15-10/h1-6H,(H,16,17). The number of carbonyl (C=O) groups is 1. The van der Waals surface area contributed by atoms with E-state index in [9.17, 15) is 4.79 Å². The molecule has 1 amide bonds. The predicted octanol–water partition coefficient (Wildman–Crippen LogP) is 3.04. The second-order valence-corrected chi connectivity index (χ2v) is 3.99. The number of hydrogen-bond acceptors (Lipinski definition) is 3. The molecule has 0 aliphatic carbocycles. The van der Waals surface area contributed by atoms with E-state index >= 15 is 0 Å². The van der Waals surface area contributed by atoms with Crippen LogP contribution in [0, 0.1) is 0 Å². The molecule has 0 saturated heterocycles. The van der Waals surface area contributed by atoms with Gasteiger partial charge in [-0.2, -0.15) is 0 Å². The largest absolute Gasteiger partial charge is 0.321 e. The maximum atomic E-state index is 11.7. The maximum Gasteiger partial charge on any atom is 0.275 e. The van der Waals surface area contributed by atoms with Crippen LogP contribution in [0.4, 0.5) is 5.69 Å². The molecule has 1 aromatic heterocycles. The number of nitrogens with zero attached hydrogens (tertiary/aromatic N) is 2. The van der Waals surface area contributed by atoms with Gasteiger partial charge in [-0.1, -0.05) is 23.2 Å². The second kappa shape index (κ2) is 5.12. The molecule has 0 aliphatic heterocycles. The molecule has 6 heteroatoms. The number of carbonyl (C=O) groups excluding carboxylic acids is 1. The summed E-state index contributed by atoms with van der Waals surface area (Å²) >= 11 is 11.6. The van der Waals surface area contributed by atoms with Crippen molar-refractivity contribution >= 4 is 34.8 Å². The van der Waals surface area contributed by atoms with E-state index in [1.54, 1.807) is 18.2 Å². The quantitative estimate of drug-likeness (QED) is 0.910. The van der Waals surface area contributed by atoms with Crippen LogP contribution in [-0.2, 0) is 0 Å². The van der Waals surface area contributed by atoms with E-state index in [1.807, 2.05) is 0 Å². The van der Waals surface area contributed by atoms with E-state index in [0.717, 1.165) is 0 Å². The van der Waals surface area contributed by atoms with Gasteiger partial charge < -0.3 is 5.32 Å². The number of halogens is 2. The lowest BCUT2D eigenvalue weighted by atomic mass is 10.3. The number of nitrogens with one attached hydrogen (secondary N) is 1. The first-order valence-corrected chi connectivity index (χ1v) is 5.45. The van der Waals surface area contributed by atoms with E-state index in [2.05, 4.69) is 15.3 Å². The predicted molar refractivity (Wildman–Crippen MR) is 66.4 cm³/mol. The lowest BCUT2D eigenvalue weighted by Gasteiger charge is -2.05. The smallest absolute Gasteiger partial charge is 0.275 e. The summed E-state index contributed by atoms with van der Waals surface area (Å²) in [5.74, 6) is -0.350. The van der Waals surface area contributed by atoms with Crippen molar-refractivity contribution in [2.45, 2.75) is 0 Å². The van der Waals surface area contributed by atoms with E-state index in [4.69, 9.17) is 23.2 Å². The van der Waals surface area contributed by atoms with Crippen molar-refractivity contribution in [3.8, 4) is 0 Å². The monoisotopic (exact) mass is 267 g/mol. The molecule has 0 aliphatic rings. The Balaban J connectivity index is 2.16. The van der Waals surface area contributed by atoms with Gasteiger partial charge in [0.25, 0.3) is 5.91 Å². The molecule has 0 unspecified atom stereocenters. The molecule has 86 valence electrons. The molecule has 0 fully saturated rings. The second-order valence-electron chi connectivity index (χ2n) is 3.17. The summed E-state index contributed by atoms with van der Waals surface area (Å²) in [7, 11) is 0. The molecule has 1 heterocycles. The van der Waals surface area contributed by atoms with Gasteiger partial charge >= 0.3 is 0 Å². The molecular weight excluding hydrogens is 261 g/mol. The van der Waals surface area contributed by atoms with Crippen LogP contribution in [0.25, 0.3) is 0 Å². The molecule has 2 rings (SSSR count). The summed E-state index contributed by atoms with van der Waals surface area (Å²) < 4.78 is 0. The zero-order valence-electron chi connectivity index (χ0n) is 8.52.